The molecule has 0 aliphatic carbocycles. The van der Waals surface area contributed by atoms with Gasteiger partial charge in [0.1, 0.15) is 0 Å². The van der Waals surface area contributed by atoms with Gasteiger partial charge in [-0.3, -0.25) is 9.59 Å². The number of carbonyl (C=O) groups excluding carboxylic acids is 2. The van der Waals surface area contributed by atoms with Crippen LogP contribution in [0.4, 0.5) is 0 Å². The van der Waals surface area contributed by atoms with Crippen molar-refractivity contribution in [3.8, 4) is 0 Å². The second-order valence-corrected chi connectivity index (χ2v) is 7.18. The van der Waals surface area contributed by atoms with E-state index in [-0.39, 0.29) is 17.9 Å². The molecule has 25 heavy (non-hydrogen) atoms. The molecule has 0 bridgehead atoms. The highest BCUT2D eigenvalue weighted by Crippen LogP contribution is 2.18. The van der Waals surface area contributed by atoms with Gasteiger partial charge in [-0.15, -0.1) is 0 Å². The summed E-state index contributed by atoms with van der Waals surface area (Å²) in [6.07, 6.45) is 10.6. The van der Waals surface area contributed by atoms with E-state index in [0.29, 0.717) is 25.9 Å². The summed E-state index contributed by atoms with van der Waals surface area (Å²) in [6, 6.07) is -0.360. The number of nitrogens with zero attached hydrogens (tertiary/aromatic N) is 1. The number of carbonyl (C=O) groups is 2. The minimum Gasteiger partial charge on any atom is -0.353 e. The third-order valence-electron chi connectivity index (χ3n) is 5.01. The van der Waals surface area contributed by atoms with Gasteiger partial charge in [0, 0.05) is 25.6 Å². The van der Waals surface area contributed by atoms with Crippen LogP contribution < -0.4 is 16.8 Å². The van der Waals surface area contributed by atoms with E-state index in [4.69, 9.17) is 11.5 Å². The fraction of sp³-hybridized carbons (Fsp3) is 0.895. The molecule has 0 aromatic carbocycles. The van der Waals surface area contributed by atoms with E-state index in [1.807, 2.05) is 4.90 Å². The zero-order valence-corrected chi connectivity index (χ0v) is 16.0. The molecule has 0 spiro atoms. The fourth-order valence-corrected chi connectivity index (χ4v) is 3.38. The maximum absolute atomic E-state index is 12.5. The van der Waals surface area contributed by atoms with Crippen LogP contribution in [0.2, 0.25) is 0 Å². The number of unbranched alkanes of at least 4 members (excludes halogenated alkanes) is 4. The second-order valence-electron chi connectivity index (χ2n) is 7.18. The molecule has 1 saturated heterocycles. The van der Waals surface area contributed by atoms with E-state index in [2.05, 4.69) is 12.2 Å². The van der Waals surface area contributed by atoms with E-state index >= 15 is 0 Å². The van der Waals surface area contributed by atoms with Crippen LogP contribution >= 0.6 is 0 Å². The third-order valence-corrected chi connectivity index (χ3v) is 5.01. The van der Waals surface area contributed by atoms with Crippen molar-refractivity contribution >= 4 is 11.8 Å². The summed E-state index contributed by atoms with van der Waals surface area (Å²) in [7, 11) is 0. The first kappa shape index (κ1) is 21.9. The van der Waals surface area contributed by atoms with Crippen molar-refractivity contribution in [1.82, 2.24) is 10.2 Å². The van der Waals surface area contributed by atoms with Gasteiger partial charge in [0.15, 0.2) is 0 Å². The van der Waals surface area contributed by atoms with Crippen LogP contribution in [-0.4, -0.2) is 48.4 Å². The van der Waals surface area contributed by atoms with Gasteiger partial charge >= 0.3 is 0 Å². The lowest BCUT2D eigenvalue weighted by Crippen LogP contribution is -2.51. The Kier molecular flexibility index (Phi) is 11.5. The number of rotatable bonds is 12. The van der Waals surface area contributed by atoms with E-state index < -0.39 is 6.04 Å². The highest BCUT2D eigenvalue weighted by Gasteiger charge is 2.27. The molecule has 0 radical (unpaired) electrons. The summed E-state index contributed by atoms with van der Waals surface area (Å²) in [6.45, 7) is 4.14. The zero-order chi connectivity index (χ0) is 18.5. The quantitative estimate of drug-likeness (QED) is 0.466. The van der Waals surface area contributed by atoms with Crippen molar-refractivity contribution in [3.05, 3.63) is 0 Å². The molecule has 1 heterocycles. The lowest BCUT2D eigenvalue weighted by Gasteiger charge is -2.36. The number of nitrogens with two attached hydrogens (primary N) is 2. The van der Waals surface area contributed by atoms with E-state index in [1.165, 1.54) is 12.8 Å². The van der Waals surface area contributed by atoms with Crippen LogP contribution in [-0.2, 0) is 9.59 Å². The van der Waals surface area contributed by atoms with Gasteiger partial charge in [0.25, 0.3) is 0 Å². The Morgan fingerprint density at radius 2 is 1.96 bits per heavy atom. The summed E-state index contributed by atoms with van der Waals surface area (Å²) in [4.78, 5) is 26.6. The highest BCUT2D eigenvalue weighted by molar-refractivity contribution is 5.81. The van der Waals surface area contributed by atoms with Crippen molar-refractivity contribution in [1.29, 1.82) is 0 Å². The maximum Gasteiger partial charge on any atom is 0.236 e. The smallest absolute Gasteiger partial charge is 0.236 e. The molecule has 1 rings (SSSR count). The monoisotopic (exact) mass is 354 g/mol. The Bertz CT molecular complexity index is 390. The van der Waals surface area contributed by atoms with E-state index in [0.717, 1.165) is 51.5 Å². The first-order valence-electron chi connectivity index (χ1n) is 10.1. The summed E-state index contributed by atoms with van der Waals surface area (Å²) < 4.78 is 0. The van der Waals surface area contributed by atoms with Gasteiger partial charge in [-0.2, -0.15) is 0 Å². The predicted octanol–water partition coefficient (Wildman–Crippen LogP) is 1.91. The summed E-state index contributed by atoms with van der Waals surface area (Å²) in [5.74, 6) is 0.125. The molecular formula is C19H38N4O2. The Morgan fingerprint density at radius 1 is 1.16 bits per heavy atom. The van der Waals surface area contributed by atoms with Crippen molar-refractivity contribution in [2.45, 2.75) is 89.6 Å². The van der Waals surface area contributed by atoms with Crippen molar-refractivity contribution in [2.24, 2.45) is 11.5 Å². The number of nitrogens with one attached hydrogen (secondary N) is 1. The molecule has 5 N–H and O–H groups in total. The maximum atomic E-state index is 12.5. The Morgan fingerprint density at radius 3 is 2.68 bits per heavy atom. The average molecular weight is 355 g/mol. The van der Waals surface area contributed by atoms with Crippen molar-refractivity contribution in [3.63, 3.8) is 0 Å². The van der Waals surface area contributed by atoms with E-state index in [9.17, 15) is 9.59 Å². The first-order chi connectivity index (χ1) is 12.1. The van der Waals surface area contributed by atoms with Gasteiger partial charge in [0.05, 0.1) is 6.04 Å². The van der Waals surface area contributed by atoms with Crippen LogP contribution in [0.25, 0.3) is 0 Å². The number of hydrogen-bond acceptors (Lipinski definition) is 4. The molecule has 2 atom stereocenters. The molecule has 6 heteroatoms. The normalized spacial score (nSPS) is 18.8. The fourth-order valence-electron chi connectivity index (χ4n) is 3.38. The molecular weight excluding hydrogens is 316 g/mol. The molecule has 0 aromatic rings. The summed E-state index contributed by atoms with van der Waals surface area (Å²) in [5.41, 5.74) is 11.4. The van der Waals surface area contributed by atoms with Crippen LogP contribution in [0.15, 0.2) is 0 Å². The van der Waals surface area contributed by atoms with E-state index in [1.54, 1.807) is 0 Å². The minimum atomic E-state index is -0.478. The number of piperidine rings is 1. The molecule has 1 fully saturated rings. The second kappa shape index (κ2) is 13.1. The Balaban J connectivity index is 2.37. The number of hydrogen-bond donors (Lipinski definition) is 3. The van der Waals surface area contributed by atoms with Crippen molar-refractivity contribution in [2.75, 3.05) is 19.6 Å². The van der Waals surface area contributed by atoms with Crippen LogP contribution in [0.1, 0.15) is 77.6 Å². The van der Waals surface area contributed by atoms with Gasteiger partial charge in [-0.1, -0.05) is 32.6 Å². The zero-order valence-electron chi connectivity index (χ0n) is 16.0. The number of likely N-dealkylation sites (tertiary alicyclic amines) is 1. The lowest BCUT2D eigenvalue weighted by molar-refractivity contribution is -0.135. The van der Waals surface area contributed by atoms with Gasteiger partial charge in [-0.05, 0) is 45.1 Å². The topological polar surface area (TPSA) is 101 Å². The van der Waals surface area contributed by atoms with Crippen LogP contribution in [0, 0.1) is 0 Å². The molecule has 1 unspecified atom stereocenters. The lowest BCUT2D eigenvalue weighted by atomic mass is 10.0. The largest absolute Gasteiger partial charge is 0.353 e. The van der Waals surface area contributed by atoms with Crippen LogP contribution in [0.5, 0.6) is 0 Å². The average Bonchev–Trinajstić information content (AvgIpc) is 2.63. The Labute approximate surface area is 153 Å². The third kappa shape index (κ3) is 8.68. The molecule has 146 valence electrons. The molecule has 2 amide bonds. The Hall–Kier alpha value is -1.14. The molecule has 1 aliphatic rings. The predicted molar refractivity (Wildman–Crippen MR) is 102 cm³/mol. The van der Waals surface area contributed by atoms with Crippen LogP contribution in [0.3, 0.4) is 0 Å². The molecule has 0 saturated carbocycles. The number of amides is 2. The standard InChI is InChI=1S/C19H38N4O2/c1-2-3-4-5-12-18(24)23-14-9-7-10-16(23)15-22-19(25)17(21)11-6-8-13-20/h16-17H,2-15,20-21H2,1H3,(H,22,25)/t16?,17-/m0/s1. The van der Waals surface area contributed by atoms with Crippen molar-refractivity contribution < 1.29 is 9.59 Å². The van der Waals surface area contributed by atoms with Gasteiger partial charge in [-0.25, -0.2) is 0 Å². The van der Waals surface area contributed by atoms with Gasteiger partial charge < -0.3 is 21.7 Å². The summed E-state index contributed by atoms with van der Waals surface area (Å²) in [5, 5.41) is 2.95. The highest BCUT2D eigenvalue weighted by atomic mass is 16.2. The van der Waals surface area contributed by atoms with Gasteiger partial charge in [0.2, 0.25) is 11.8 Å². The molecule has 1 aliphatic heterocycles. The molecule has 0 aromatic heterocycles. The molecule has 6 nitrogen and oxygen atoms in total. The SMILES string of the molecule is CCCCCCC(=O)N1CCCCC1CNC(=O)[C@@H](N)CCCCN. The minimum absolute atomic E-state index is 0.113. The summed E-state index contributed by atoms with van der Waals surface area (Å²) >= 11 is 0. The first-order valence-corrected chi connectivity index (χ1v) is 10.1.